The first-order valence-corrected chi connectivity index (χ1v) is 6.87. The Balaban J connectivity index is 2.12. The van der Waals surface area contributed by atoms with Crippen LogP contribution in [-0.4, -0.2) is 40.5 Å². The molecule has 2 unspecified atom stereocenters. The number of hydrogen-bond acceptors (Lipinski definition) is 5. The van der Waals surface area contributed by atoms with E-state index in [9.17, 15) is 20.0 Å². The molecular weight excluding hydrogens is 274 g/mol. The summed E-state index contributed by atoms with van der Waals surface area (Å²) in [4.78, 5) is 24.1. The van der Waals surface area contributed by atoms with Crippen LogP contribution in [0.5, 0.6) is 0 Å². The van der Waals surface area contributed by atoms with Crippen LogP contribution in [0.1, 0.15) is 29.6 Å². The standard InChI is InChI=1S/C14H19N3O4/c1-16(8-10-3-2-4-13(10)18)14(19)9-5-6-11(15)12(7-9)17(20)21/h5-7,10,13,18H,2-4,8,15H2,1H3. The third-order valence-corrected chi connectivity index (χ3v) is 3.95. The van der Waals surface area contributed by atoms with Crippen molar-refractivity contribution in [2.24, 2.45) is 5.92 Å². The van der Waals surface area contributed by atoms with Gasteiger partial charge in [0, 0.05) is 31.1 Å². The van der Waals surface area contributed by atoms with Crippen molar-refractivity contribution in [1.82, 2.24) is 4.90 Å². The lowest BCUT2D eigenvalue weighted by Crippen LogP contribution is -2.34. The van der Waals surface area contributed by atoms with Crippen molar-refractivity contribution in [2.45, 2.75) is 25.4 Å². The Bertz CT molecular complexity index is 561. The maximum Gasteiger partial charge on any atom is 0.292 e. The van der Waals surface area contributed by atoms with Gasteiger partial charge in [0.1, 0.15) is 5.69 Å². The highest BCUT2D eigenvalue weighted by atomic mass is 16.6. The molecule has 0 radical (unpaired) electrons. The molecule has 0 spiro atoms. The number of hydrogen-bond donors (Lipinski definition) is 2. The van der Waals surface area contributed by atoms with Crippen LogP contribution >= 0.6 is 0 Å². The van der Waals surface area contributed by atoms with Crippen LogP contribution in [0, 0.1) is 16.0 Å². The van der Waals surface area contributed by atoms with Crippen molar-refractivity contribution in [1.29, 1.82) is 0 Å². The Morgan fingerprint density at radius 3 is 2.81 bits per heavy atom. The third-order valence-electron chi connectivity index (χ3n) is 3.95. The second-order valence-electron chi connectivity index (χ2n) is 5.47. The highest BCUT2D eigenvalue weighted by Crippen LogP contribution is 2.27. The van der Waals surface area contributed by atoms with Crippen molar-refractivity contribution >= 4 is 17.3 Å². The van der Waals surface area contributed by atoms with E-state index in [4.69, 9.17) is 5.73 Å². The van der Waals surface area contributed by atoms with E-state index in [0.717, 1.165) is 19.3 Å². The summed E-state index contributed by atoms with van der Waals surface area (Å²) >= 11 is 0. The second-order valence-corrected chi connectivity index (χ2v) is 5.47. The summed E-state index contributed by atoms with van der Waals surface area (Å²) in [6.45, 7) is 0.443. The molecule has 7 nitrogen and oxygen atoms in total. The second kappa shape index (κ2) is 6.09. The van der Waals surface area contributed by atoms with Gasteiger partial charge in [-0.2, -0.15) is 0 Å². The SMILES string of the molecule is CN(CC1CCCC1O)C(=O)c1ccc(N)c([N+](=O)[O-])c1. The van der Waals surface area contributed by atoms with Gasteiger partial charge in [-0.1, -0.05) is 6.42 Å². The molecule has 114 valence electrons. The number of carbonyl (C=O) groups excluding carboxylic acids is 1. The monoisotopic (exact) mass is 293 g/mol. The average Bonchev–Trinajstić information content (AvgIpc) is 2.83. The summed E-state index contributed by atoms with van der Waals surface area (Å²) in [6.07, 6.45) is 2.24. The maximum atomic E-state index is 12.3. The molecule has 0 aliphatic heterocycles. The lowest BCUT2D eigenvalue weighted by Gasteiger charge is -2.23. The molecule has 1 saturated carbocycles. The molecule has 1 aliphatic rings. The molecule has 2 rings (SSSR count). The first kappa shape index (κ1) is 15.2. The molecule has 1 amide bonds. The zero-order valence-corrected chi connectivity index (χ0v) is 11.9. The first-order chi connectivity index (χ1) is 9.90. The van der Waals surface area contributed by atoms with E-state index in [0.29, 0.717) is 6.54 Å². The van der Waals surface area contributed by atoms with E-state index in [1.165, 1.54) is 23.1 Å². The van der Waals surface area contributed by atoms with E-state index in [1.54, 1.807) is 7.05 Å². The number of nitrogen functional groups attached to an aromatic ring is 1. The van der Waals surface area contributed by atoms with Gasteiger partial charge in [0.15, 0.2) is 0 Å². The van der Waals surface area contributed by atoms with Crippen LogP contribution in [0.15, 0.2) is 18.2 Å². The summed E-state index contributed by atoms with van der Waals surface area (Å²) in [6, 6.07) is 4.04. The number of amides is 1. The van der Waals surface area contributed by atoms with Crippen molar-refractivity contribution in [3.8, 4) is 0 Å². The minimum absolute atomic E-state index is 0.0328. The molecule has 1 aromatic carbocycles. The predicted octanol–water partition coefficient (Wildman–Crippen LogP) is 1.41. The summed E-state index contributed by atoms with van der Waals surface area (Å²) in [5, 5.41) is 20.7. The van der Waals surface area contributed by atoms with Gasteiger partial charge in [-0.05, 0) is 25.0 Å². The number of aliphatic hydroxyl groups is 1. The lowest BCUT2D eigenvalue weighted by molar-refractivity contribution is -0.383. The Hall–Kier alpha value is -2.15. The van der Waals surface area contributed by atoms with Gasteiger partial charge in [0.05, 0.1) is 11.0 Å². The topological polar surface area (TPSA) is 110 Å². The number of carbonyl (C=O) groups is 1. The lowest BCUT2D eigenvalue weighted by atomic mass is 10.0. The van der Waals surface area contributed by atoms with Gasteiger partial charge in [-0.3, -0.25) is 14.9 Å². The Labute approximate surface area is 122 Å². The quantitative estimate of drug-likeness (QED) is 0.495. The molecular formula is C14H19N3O4. The fraction of sp³-hybridized carbons (Fsp3) is 0.500. The summed E-state index contributed by atoms with van der Waals surface area (Å²) in [5.74, 6) is -0.236. The van der Waals surface area contributed by atoms with Gasteiger partial charge >= 0.3 is 0 Å². The van der Waals surface area contributed by atoms with Crippen molar-refractivity contribution in [3.63, 3.8) is 0 Å². The molecule has 1 fully saturated rings. The molecule has 0 saturated heterocycles. The van der Waals surface area contributed by atoms with Gasteiger partial charge < -0.3 is 15.7 Å². The number of nitro groups is 1. The molecule has 1 aromatic rings. The molecule has 7 heteroatoms. The predicted molar refractivity (Wildman–Crippen MR) is 77.8 cm³/mol. The smallest absolute Gasteiger partial charge is 0.292 e. The number of nitro benzene ring substituents is 1. The number of aliphatic hydroxyl groups excluding tert-OH is 1. The number of benzene rings is 1. The van der Waals surface area contributed by atoms with Crippen LogP contribution in [-0.2, 0) is 0 Å². The van der Waals surface area contributed by atoms with Crippen molar-refractivity contribution < 1.29 is 14.8 Å². The summed E-state index contributed by atoms with van der Waals surface area (Å²) in [5.41, 5.74) is 5.51. The van der Waals surface area contributed by atoms with Gasteiger partial charge in [-0.15, -0.1) is 0 Å². The van der Waals surface area contributed by atoms with Crippen LogP contribution in [0.3, 0.4) is 0 Å². The maximum absolute atomic E-state index is 12.3. The van der Waals surface area contributed by atoms with E-state index in [1.807, 2.05) is 0 Å². The molecule has 2 atom stereocenters. The Kier molecular flexibility index (Phi) is 4.42. The van der Waals surface area contributed by atoms with Crippen LogP contribution in [0.25, 0.3) is 0 Å². The first-order valence-electron chi connectivity index (χ1n) is 6.87. The van der Waals surface area contributed by atoms with E-state index >= 15 is 0 Å². The van der Waals surface area contributed by atoms with Crippen molar-refractivity contribution in [3.05, 3.63) is 33.9 Å². The third kappa shape index (κ3) is 3.30. The Morgan fingerprint density at radius 2 is 2.24 bits per heavy atom. The number of anilines is 1. The zero-order chi connectivity index (χ0) is 15.6. The van der Waals surface area contributed by atoms with Crippen LogP contribution < -0.4 is 5.73 Å². The normalized spacial score (nSPS) is 21.2. The average molecular weight is 293 g/mol. The molecule has 1 aliphatic carbocycles. The van der Waals surface area contributed by atoms with Gasteiger partial charge in [-0.25, -0.2) is 0 Å². The van der Waals surface area contributed by atoms with Gasteiger partial charge in [0.2, 0.25) is 0 Å². The zero-order valence-electron chi connectivity index (χ0n) is 11.9. The van der Waals surface area contributed by atoms with Gasteiger partial charge in [0.25, 0.3) is 11.6 Å². The highest BCUT2D eigenvalue weighted by molar-refractivity contribution is 5.95. The van der Waals surface area contributed by atoms with Crippen LogP contribution in [0.4, 0.5) is 11.4 Å². The fourth-order valence-electron chi connectivity index (χ4n) is 2.72. The molecule has 3 N–H and O–H groups in total. The fourth-order valence-corrected chi connectivity index (χ4v) is 2.72. The molecule has 21 heavy (non-hydrogen) atoms. The molecule has 0 aromatic heterocycles. The minimum Gasteiger partial charge on any atom is -0.393 e. The van der Waals surface area contributed by atoms with E-state index in [2.05, 4.69) is 0 Å². The Morgan fingerprint density at radius 1 is 1.52 bits per heavy atom. The number of rotatable bonds is 4. The van der Waals surface area contributed by atoms with Crippen molar-refractivity contribution in [2.75, 3.05) is 19.3 Å². The number of nitrogens with two attached hydrogens (primary N) is 1. The molecule has 0 heterocycles. The van der Waals surface area contributed by atoms with E-state index < -0.39 is 4.92 Å². The van der Waals surface area contributed by atoms with Crippen LogP contribution in [0.2, 0.25) is 0 Å². The van der Waals surface area contributed by atoms with E-state index in [-0.39, 0.29) is 34.9 Å². The number of nitrogens with zero attached hydrogens (tertiary/aromatic N) is 2. The minimum atomic E-state index is -0.604. The largest absolute Gasteiger partial charge is 0.393 e. The molecule has 0 bridgehead atoms. The highest BCUT2D eigenvalue weighted by Gasteiger charge is 2.28. The summed E-state index contributed by atoms with van der Waals surface area (Å²) in [7, 11) is 1.63. The summed E-state index contributed by atoms with van der Waals surface area (Å²) < 4.78 is 0.